The summed E-state index contributed by atoms with van der Waals surface area (Å²) in [4.78, 5) is 0. The summed E-state index contributed by atoms with van der Waals surface area (Å²) >= 11 is 5.87. The zero-order valence-electron chi connectivity index (χ0n) is 9.66. The molecular formula is C9H22ClN2OP. The highest BCUT2D eigenvalue weighted by Crippen LogP contribution is 2.53. The zero-order valence-corrected chi connectivity index (χ0v) is 11.3. The minimum atomic E-state index is -2.49. The summed E-state index contributed by atoms with van der Waals surface area (Å²) < 4.78 is 16.6. The molecule has 0 saturated heterocycles. The Labute approximate surface area is 92.9 Å². The number of halogens is 1. The molecule has 0 aromatic rings. The van der Waals surface area contributed by atoms with Crippen molar-refractivity contribution in [1.82, 2.24) is 9.34 Å². The summed E-state index contributed by atoms with van der Waals surface area (Å²) in [5.41, 5.74) is 0.219. The van der Waals surface area contributed by atoms with E-state index in [9.17, 15) is 4.57 Å². The van der Waals surface area contributed by atoms with Crippen LogP contribution in [-0.4, -0.2) is 41.1 Å². The fourth-order valence-electron chi connectivity index (χ4n) is 1.66. The molecular weight excluding hydrogens is 219 g/mol. The van der Waals surface area contributed by atoms with Gasteiger partial charge in [-0.05, 0) is 0 Å². The van der Waals surface area contributed by atoms with Crippen molar-refractivity contribution in [3.63, 3.8) is 0 Å². The van der Waals surface area contributed by atoms with Crippen LogP contribution < -0.4 is 0 Å². The maximum absolute atomic E-state index is 12.6. The van der Waals surface area contributed by atoms with Crippen LogP contribution >= 0.6 is 19.0 Å². The Morgan fingerprint density at radius 2 is 1.21 bits per heavy atom. The third-order valence-corrected chi connectivity index (χ3v) is 6.64. The van der Waals surface area contributed by atoms with Gasteiger partial charge in [-0.3, -0.25) is 4.57 Å². The lowest BCUT2D eigenvalue weighted by Crippen LogP contribution is -2.32. The van der Waals surface area contributed by atoms with Crippen molar-refractivity contribution < 1.29 is 4.57 Å². The van der Waals surface area contributed by atoms with E-state index in [0.717, 1.165) is 26.2 Å². The largest absolute Gasteiger partial charge is 0.287 e. The van der Waals surface area contributed by atoms with Gasteiger partial charge < -0.3 is 0 Å². The average Bonchev–Trinajstić information content (AvgIpc) is 2.21. The lowest BCUT2D eigenvalue weighted by atomic mass is 10.7. The van der Waals surface area contributed by atoms with Crippen molar-refractivity contribution in [2.75, 3.05) is 31.8 Å². The van der Waals surface area contributed by atoms with Crippen LogP contribution in [0.1, 0.15) is 27.7 Å². The Kier molecular flexibility index (Phi) is 7.05. The number of alkyl halides is 1. The van der Waals surface area contributed by atoms with E-state index in [0.29, 0.717) is 0 Å². The van der Waals surface area contributed by atoms with Crippen LogP contribution in [0, 0.1) is 0 Å². The van der Waals surface area contributed by atoms with Crippen LogP contribution in [0.5, 0.6) is 0 Å². The molecule has 86 valence electrons. The van der Waals surface area contributed by atoms with Crippen LogP contribution in [-0.2, 0) is 4.57 Å². The lowest BCUT2D eigenvalue weighted by molar-refractivity contribution is 0.363. The molecule has 0 rings (SSSR count). The number of nitrogens with zero attached hydrogens (tertiary/aromatic N) is 2. The summed E-state index contributed by atoms with van der Waals surface area (Å²) in [6.07, 6.45) is 0. The Morgan fingerprint density at radius 3 is 1.36 bits per heavy atom. The third kappa shape index (κ3) is 2.96. The summed E-state index contributed by atoms with van der Waals surface area (Å²) in [7, 11) is -2.49. The second kappa shape index (κ2) is 6.84. The van der Waals surface area contributed by atoms with Crippen molar-refractivity contribution in [2.24, 2.45) is 0 Å². The summed E-state index contributed by atoms with van der Waals surface area (Å²) in [5, 5.41) is 0. The van der Waals surface area contributed by atoms with Gasteiger partial charge in [0.25, 0.3) is 0 Å². The molecule has 0 bridgehead atoms. The molecule has 0 saturated carbocycles. The van der Waals surface area contributed by atoms with Gasteiger partial charge in [0.15, 0.2) is 0 Å². The quantitative estimate of drug-likeness (QED) is 0.505. The Morgan fingerprint density at radius 1 is 0.929 bits per heavy atom. The van der Waals surface area contributed by atoms with Gasteiger partial charge in [-0.25, -0.2) is 9.34 Å². The Bertz CT molecular complexity index is 177. The van der Waals surface area contributed by atoms with E-state index in [1.54, 1.807) is 0 Å². The fourth-order valence-corrected chi connectivity index (χ4v) is 5.00. The molecule has 0 aromatic carbocycles. The first-order chi connectivity index (χ1) is 6.60. The van der Waals surface area contributed by atoms with E-state index in [-0.39, 0.29) is 5.62 Å². The molecule has 0 aliphatic rings. The molecule has 3 nitrogen and oxygen atoms in total. The van der Waals surface area contributed by atoms with Crippen LogP contribution in [0.4, 0.5) is 0 Å². The van der Waals surface area contributed by atoms with Gasteiger partial charge in [0, 0.05) is 26.2 Å². The molecule has 0 aromatic heterocycles. The van der Waals surface area contributed by atoms with E-state index < -0.39 is 7.44 Å². The van der Waals surface area contributed by atoms with Crippen molar-refractivity contribution in [3.8, 4) is 0 Å². The molecule has 0 atom stereocenters. The van der Waals surface area contributed by atoms with Gasteiger partial charge in [0.2, 0.25) is 7.44 Å². The summed E-state index contributed by atoms with van der Waals surface area (Å²) in [6.45, 7) is 11.2. The number of hydrogen-bond acceptors (Lipinski definition) is 1. The van der Waals surface area contributed by atoms with Gasteiger partial charge in [-0.15, -0.1) is 11.6 Å². The van der Waals surface area contributed by atoms with E-state index in [2.05, 4.69) is 0 Å². The molecule has 0 unspecified atom stereocenters. The van der Waals surface area contributed by atoms with Crippen LogP contribution in [0.25, 0.3) is 0 Å². The first-order valence-corrected chi connectivity index (χ1v) is 7.59. The van der Waals surface area contributed by atoms with Gasteiger partial charge in [-0.1, -0.05) is 27.7 Å². The maximum atomic E-state index is 12.6. The standard InChI is InChI=1S/C9H22ClN2OP/c1-5-11(6-2)14(13,9-10)12(7-3)8-4/h5-9H2,1-4H3. The molecule has 5 heteroatoms. The minimum absolute atomic E-state index is 0.219. The normalized spacial score (nSPS) is 12.8. The monoisotopic (exact) mass is 240 g/mol. The van der Waals surface area contributed by atoms with Crippen molar-refractivity contribution in [3.05, 3.63) is 0 Å². The molecule has 0 aliphatic carbocycles. The van der Waals surface area contributed by atoms with Gasteiger partial charge in [0.1, 0.15) is 5.62 Å². The van der Waals surface area contributed by atoms with Crippen LogP contribution in [0.3, 0.4) is 0 Å². The third-order valence-electron chi connectivity index (χ3n) is 2.50. The van der Waals surface area contributed by atoms with E-state index in [1.165, 1.54) is 0 Å². The molecule has 0 N–H and O–H groups in total. The number of rotatable bonds is 7. The predicted molar refractivity (Wildman–Crippen MR) is 64.2 cm³/mol. The van der Waals surface area contributed by atoms with Crippen LogP contribution in [0.2, 0.25) is 0 Å². The Balaban J connectivity index is 4.83. The highest BCUT2D eigenvalue weighted by molar-refractivity contribution is 7.60. The molecule has 0 fully saturated rings. The summed E-state index contributed by atoms with van der Waals surface area (Å²) in [6, 6.07) is 0. The first kappa shape index (κ1) is 14.4. The molecule has 0 radical (unpaired) electrons. The molecule has 0 heterocycles. The van der Waals surface area contributed by atoms with Crippen molar-refractivity contribution >= 4 is 19.0 Å². The lowest BCUT2D eigenvalue weighted by Gasteiger charge is -2.36. The second-order valence-corrected chi connectivity index (χ2v) is 6.48. The van der Waals surface area contributed by atoms with E-state index in [4.69, 9.17) is 11.6 Å². The number of hydrogen-bond donors (Lipinski definition) is 0. The minimum Gasteiger partial charge on any atom is -0.287 e. The first-order valence-electron chi connectivity index (χ1n) is 5.26. The van der Waals surface area contributed by atoms with Gasteiger partial charge in [0.05, 0.1) is 0 Å². The molecule has 0 aliphatic heterocycles. The van der Waals surface area contributed by atoms with E-state index >= 15 is 0 Å². The van der Waals surface area contributed by atoms with Crippen molar-refractivity contribution in [1.29, 1.82) is 0 Å². The van der Waals surface area contributed by atoms with E-state index in [1.807, 2.05) is 37.0 Å². The van der Waals surface area contributed by atoms with Gasteiger partial charge >= 0.3 is 0 Å². The fraction of sp³-hybridized carbons (Fsp3) is 1.00. The second-order valence-electron chi connectivity index (χ2n) is 3.06. The zero-order chi connectivity index (χ0) is 11.2. The smallest absolute Gasteiger partial charge is 0.230 e. The summed E-state index contributed by atoms with van der Waals surface area (Å²) in [5.74, 6) is 0. The molecule has 0 amide bonds. The average molecular weight is 241 g/mol. The predicted octanol–water partition coefficient (Wildman–Crippen LogP) is 3.06. The Hall–Kier alpha value is 0.440. The SMILES string of the molecule is CCN(CC)P(=O)(CCl)N(CC)CC. The van der Waals surface area contributed by atoms with Crippen LogP contribution in [0.15, 0.2) is 0 Å². The maximum Gasteiger partial charge on any atom is 0.230 e. The highest BCUT2D eigenvalue weighted by Gasteiger charge is 2.32. The van der Waals surface area contributed by atoms with Gasteiger partial charge in [-0.2, -0.15) is 0 Å². The highest BCUT2D eigenvalue weighted by atomic mass is 35.5. The van der Waals surface area contributed by atoms with Crippen molar-refractivity contribution in [2.45, 2.75) is 27.7 Å². The molecule has 14 heavy (non-hydrogen) atoms. The topological polar surface area (TPSA) is 23.6 Å². The molecule has 0 spiro atoms.